The highest BCUT2D eigenvalue weighted by atomic mass is 19.1. The quantitative estimate of drug-likeness (QED) is 0.851. The van der Waals surface area contributed by atoms with Crippen molar-refractivity contribution in [2.24, 2.45) is 5.73 Å². The molecule has 1 unspecified atom stereocenters. The van der Waals surface area contributed by atoms with Crippen LogP contribution in [0.5, 0.6) is 0 Å². The van der Waals surface area contributed by atoms with E-state index in [9.17, 15) is 9.18 Å². The van der Waals surface area contributed by atoms with Crippen LogP contribution in [0.25, 0.3) is 0 Å². The van der Waals surface area contributed by atoms with Crippen LogP contribution in [-0.4, -0.2) is 29.9 Å². The number of hydrogen-bond acceptors (Lipinski definition) is 4. The fourth-order valence-electron chi connectivity index (χ4n) is 2.81. The molecule has 2 aliphatic rings. The summed E-state index contributed by atoms with van der Waals surface area (Å²) in [6.45, 7) is 1.18. The maximum Gasteiger partial charge on any atom is 0.180 e. The van der Waals surface area contributed by atoms with Gasteiger partial charge in [-0.05, 0) is 24.1 Å². The molecule has 106 valence electrons. The zero-order chi connectivity index (χ0) is 14.3. The summed E-state index contributed by atoms with van der Waals surface area (Å²) in [6.07, 6.45) is 1.13. The van der Waals surface area contributed by atoms with E-state index < -0.39 is 0 Å². The first-order chi connectivity index (χ1) is 9.52. The van der Waals surface area contributed by atoms with E-state index in [1.165, 1.54) is 12.1 Å². The normalized spacial score (nSPS) is 25.2. The van der Waals surface area contributed by atoms with Crippen LogP contribution in [0.15, 0.2) is 35.7 Å². The standard InChI is InChI=1S/C15H17FN2O2/c1-18(8-10-2-4-11(16)5-3-10)14-13(17)12(19)6-7-15(14)9-20-15/h2-5H,6-9,17H2,1H3. The van der Waals surface area contributed by atoms with E-state index in [1.54, 1.807) is 12.1 Å². The van der Waals surface area contributed by atoms with E-state index in [1.807, 2.05) is 11.9 Å². The molecular weight excluding hydrogens is 259 g/mol. The Balaban J connectivity index is 1.85. The fraction of sp³-hybridized carbons (Fsp3) is 0.400. The van der Waals surface area contributed by atoms with Gasteiger partial charge in [0.05, 0.1) is 18.0 Å². The van der Waals surface area contributed by atoms with Gasteiger partial charge in [-0.25, -0.2) is 4.39 Å². The number of carbonyl (C=O) groups is 1. The van der Waals surface area contributed by atoms with Gasteiger partial charge in [0.1, 0.15) is 11.4 Å². The summed E-state index contributed by atoms with van der Waals surface area (Å²) >= 11 is 0. The number of nitrogens with zero attached hydrogens (tertiary/aromatic N) is 1. The zero-order valence-electron chi connectivity index (χ0n) is 11.4. The lowest BCUT2D eigenvalue weighted by Gasteiger charge is -2.31. The minimum Gasteiger partial charge on any atom is -0.394 e. The molecule has 0 saturated carbocycles. The molecule has 0 aromatic heterocycles. The molecule has 1 aromatic rings. The van der Waals surface area contributed by atoms with Gasteiger partial charge < -0.3 is 15.4 Å². The molecule has 0 amide bonds. The van der Waals surface area contributed by atoms with Gasteiger partial charge in [0.15, 0.2) is 5.78 Å². The molecule has 1 atom stereocenters. The number of likely N-dealkylation sites (N-methyl/N-ethyl adjacent to an activating group) is 1. The number of rotatable bonds is 3. The van der Waals surface area contributed by atoms with Gasteiger partial charge >= 0.3 is 0 Å². The summed E-state index contributed by atoms with van der Waals surface area (Å²) < 4.78 is 18.5. The molecule has 5 heteroatoms. The Hall–Kier alpha value is -1.88. The number of carbonyl (C=O) groups excluding carboxylic acids is 1. The Morgan fingerprint density at radius 1 is 1.40 bits per heavy atom. The van der Waals surface area contributed by atoms with Crippen LogP contribution < -0.4 is 5.73 Å². The molecule has 20 heavy (non-hydrogen) atoms. The van der Waals surface area contributed by atoms with Crippen LogP contribution in [0.3, 0.4) is 0 Å². The Morgan fingerprint density at radius 3 is 2.65 bits per heavy atom. The monoisotopic (exact) mass is 276 g/mol. The Morgan fingerprint density at radius 2 is 2.05 bits per heavy atom. The lowest BCUT2D eigenvalue weighted by Crippen LogP contribution is -2.38. The van der Waals surface area contributed by atoms with Crippen LogP contribution in [0.4, 0.5) is 4.39 Å². The number of nitrogens with two attached hydrogens (primary N) is 1. The lowest BCUT2D eigenvalue weighted by molar-refractivity contribution is -0.116. The highest BCUT2D eigenvalue weighted by Gasteiger charge is 2.53. The molecule has 0 bridgehead atoms. The van der Waals surface area contributed by atoms with E-state index >= 15 is 0 Å². The Labute approximate surface area is 117 Å². The SMILES string of the molecule is CN(Cc1ccc(F)cc1)C1=C(N)C(=O)CCC12CO2. The minimum absolute atomic E-state index is 0.0212. The third-order valence-electron chi connectivity index (χ3n) is 3.95. The van der Waals surface area contributed by atoms with Crippen molar-refractivity contribution in [1.29, 1.82) is 0 Å². The zero-order valence-corrected chi connectivity index (χ0v) is 11.4. The van der Waals surface area contributed by atoms with Crippen LogP contribution in [-0.2, 0) is 16.1 Å². The third kappa shape index (κ3) is 2.18. The van der Waals surface area contributed by atoms with Crippen LogP contribution >= 0.6 is 0 Å². The van der Waals surface area contributed by atoms with Crippen molar-refractivity contribution in [1.82, 2.24) is 4.90 Å². The van der Waals surface area contributed by atoms with Crippen molar-refractivity contribution in [3.8, 4) is 0 Å². The predicted octanol–water partition coefficient (Wildman–Crippen LogP) is 1.56. The van der Waals surface area contributed by atoms with Gasteiger partial charge in [0, 0.05) is 20.0 Å². The first kappa shape index (κ1) is 13.1. The first-order valence-electron chi connectivity index (χ1n) is 6.65. The van der Waals surface area contributed by atoms with Gasteiger partial charge in [-0.3, -0.25) is 4.79 Å². The van der Waals surface area contributed by atoms with E-state index in [0.29, 0.717) is 31.7 Å². The molecule has 1 heterocycles. The summed E-state index contributed by atoms with van der Waals surface area (Å²) in [7, 11) is 1.88. The maximum absolute atomic E-state index is 12.9. The molecule has 1 aliphatic carbocycles. The number of allylic oxidation sites excluding steroid dienone is 1. The molecule has 2 N–H and O–H groups in total. The summed E-state index contributed by atoms with van der Waals surface area (Å²) in [5.41, 5.74) is 7.64. The maximum atomic E-state index is 12.9. The van der Waals surface area contributed by atoms with E-state index in [2.05, 4.69) is 0 Å². The number of epoxide rings is 1. The molecule has 1 fully saturated rings. The Bertz CT molecular complexity index is 576. The smallest absolute Gasteiger partial charge is 0.180 e. The lowest BCUT2D eigenvalue weighted by atomic mass is 9.89. The average Bonchev–Trinajstić information content (AvgIpc) is 3.18. The first-order valence-corrected chi connectivity index (χ1v) is 6.65. The molecule has 1 aromatic carbocycles. The van der Waals surface area contributed by atoms with E-state index in [0.717, 1.165) is 11.3 Å². The number of ether oxygens (including phenoxy) is 1. The summed E-state index contributed by atoms with van der Waals surface area (Å²) in [6, 6.07) is 6.31. The van der Waals surface area contributed by atoms with Crippen molar-refractivity contribution in [3.63, 3.8) is 0 Å². The van der Waals surface area contributed by atoms with Crippen molar-refractivity contribution in [2.75, 3.05) is 13.7 Å². The fourth-order valence-corrected chi connectivity index (χ4v) is 2.81. The molecule has 4 nitrogen and oxygen atoms in total. The summed E-state index contributed by atoms with van der Waals surface area (Å²) in [5, 5.41) is 0. The number of Topliss-reactive ketones (excluding diaryl/α,β-unsaturated/α-hetero) is 1. The summed E-state index contributed by atoms with van der Waals surface area (Å²) in [5.74, 6) is -0.281. The second-order valence-corrected chi connectivity index (χ2v) is 5.45. The minimum atomic E-state index is -0.368. The van der Waals surface area contributed by atoms with Gasteiger partial charge in [0.25, 0.3) is 0 Å². The number of benzene rings is 1. The molecular formula is C15H17FN2O2. The largest absolute Gasteiger partial charge is 0.394 e. The topological polar surface area (TPSA) is 58.9 Å². The van der Waals surface area contributed by atoms with Crippen molar-refractivity contribution < 1.29 is 13.9 Å². The van der Waals surface area contributed by atoms with Crippen LogP contribution in [0, 0.1) is 5.82 Å². The number of hydrogen-bond donors (Lipinski definition) is 1. The predicted molar refractivity (Wildman–Crippen MR) is 72.0 cm³/mol. The average molecular weight is 276 g/mol. The van der Waals surface area contributed by atoms with E-state index in [-0.39, 0.29) is 17.2 Å². The number of ketones is 1. The van der Waals surface area contributed by atoms with Crippen LogP contribution in [0.1, 0.15) is 18.4 Å². The molecule has 1 aliphatic heterocycles. The van der Waals surface area contributed by atoms with Gasteiger partial charge in [-0.15, -0.1) is 0 Å². The molecule has 1 saturated heterocycles. The van der Waals surface area contributed by atoms with Crippen molar-refractivity contribution in [2.45, 2.75) is 25.0 Å². The van der Waals surface area contributed by atoms with Gasteiger partial charge in [-0.2, -0.15) is 0 Å². The number of halogens is 1. The van der Waals surface area contributed by atoms with Crippen LogP contribution in [0.2, 0.25) is 0 Å². The second kappa shape index (κ2) is 4.59. The van der Waals surface area contributed by atoms with Gasteiger partial charge in [-0.1, -0.05) is 12.1 Å². The van der Waals surface area contributed by atoms with Crippen molar-refractivity contribution >= 4 is 5.78 Å². The summed E-state index contributed by atoms with van der Waals surface area (Å²) in [4.78, 5) is 13.7. The van der Waals surface area contributed by atoms with Crippen molar-refractivity contribution in [3.05, 3.63) is 47.0 Å². The molecule has 3 rings (SSSR count). The highest BCUT2D eigenvalue weighted by Crippen LogP contribution is 2.45. The molecule has 1 spiro atoms. The third-order valence-corrected chi connectivity index (χ3v) is 3.95. The molecule has 0 radical (unpaired) electrons. The second-order valence-electron chi connectivity index (χ2n) is 5.45. The van der Waals surface area contributed by atoms with E-state index in [4.69, 9.17) is 10.5 Å². The van der Waals surface area contributed by atoms with Gasteiger partial charge in [0.2, 0.25) is 0 Å². The highest BCUT2D eigenvalue weighted by molar-refractivity contribution is 5.96. The Kier molecular flexibility index (Phi) is 3.01.